The Labute approximate surface area is 178 Å². The number of nitrogens with two attached hydrogens (primary N) is 2. The lowest BCUT2D eigenvalue weighted by Crippen LogP contribution is -2.21. The third kappa shape index (κ3) is 6.00. The van der Waals surface area contributed by atoms with Crippen molar-refractivity contribution in [3.63, 3.8) is 0 Å². The molecule has 12 nitrogen and oxygen atoms in total. The predicted molar refractivity (Wildman–Crippen MR) is 104 cm³/mol. The van der Waals surface area contributed by atoms with Gasteiger partial charge in [-0.3, -0.25) is 14.3 Å². The minimum absolute atomic E-state index is 0.0103. The van der Waals surface area contributed by atoms with Gasteiger partial charge in [-0.15, -0.1) is 0 Å². The van der Waals surface area contributed by atoms with E-state index in [2.05, 4.69) is 20.5 Å². The van der Waals surface area contributed by atoms with Crippen molar-refractivity contribution < 1.29 is 32.7 Å². The van der Waals surface area contributed by atoms with E-state index in [9.17, 15) is 22.8 Å². The zero-order valence-corrected chi connectivity index (χ0v) is 16.6. The minimum atomic E-state index is -5.08. The number of carbonyl (C=O) groups is 3. The van der Waals surface area contributed by atoms with Crippen LogP contribution < -0.4 is 16.8 Å². The van der Waals surface area contributed by atoms with Gasteiger partial charge in [0.25, 0.3) is 11.8 Å². The number of nitrogens with one attached hydrogen (secondary N) is 1. The molecule has 3 aromatic heterocycles. The van der Waals surface area contributed by atoms with E-state index in [1.165, 1.54) is 21.6 Å². The SMILES string of the molecule is Cn1cc(NC(=O)c2cnn3ccc(CCCN)nc23)c(C(N)=O)n1.O=C(O)C(F)(F)F. The van der Waals surface area contributed by atoms with Gasteiger partial charge < -0.3 is 21.9 Å². The summed E-state index contributed by atoms with van der Waals surface area (Å²) >= 11 is 0. The normalized spacial score (nSPS) is 11.0. The molecule has 3 aromatic rings. The maximum absolute atomic E-state index is 12.6. The number of anilines is 1. The average Bonchev–Trinajstić information content (AvgIpc) is 3.29. The molecular weight excluding hydrogens is 437 g/mol. The van der Waals surface area contributed by atoms with Crippen molar-refractivity contribution in [1.82, 2.24) is 24.4 Å². The highest BCUT2D eigenvalue weighted by molar-refractivity contribution is 6.10. The number of carboxylic acid groups (broad SMARTS) is 1. The molecule has 0 atom stereocenters. The van der Waals surface area contributed by atoms with Crippen LogP contribution in [0.5, 0.6) is 0 Å². The highest BCUT2D eigenvalue weighted by atomic mass is 19.4. The van der Waals surface area contributed by atoms with E-state index in [4.69, 9.17) is 21.4 Å². The number of aliphatic carboxylic acids is 1. The van der Waals surface area contributed by atoms with Crippen LogP contribution in [0.4, 0.5) is 18.9 Å². The summed E-state index contributed by atoms with van der Waals surface area (Å²) in [6, 6.07) is 1.84. The van der Waals surface area contributed by atoms with Crippen LogP contribution in [0.1, 0.15) is 33.0 Å². The second-order valence-electron chi connectivity index (χ2n) is 6.32. The highest BCUT2D eigenvalue weighted by Crippen LogP contribution is 2.16. The molecule has 0 aliphatic heterocycles. The number of carboxylic acids is 1. The number of fused-ring (bicyclic) bond motifs is 1. The van der Waals surface area contributed by atoms with Crippen molar-refractivity contribution in [3.8, 4) is 0 Å². The number of rotatable bonds is 6. The van der Waals surface area contributed by atoms with E-state index in [1.807, 2.05) is 6.07 Å². The molecule has 6 N–H and O–H groups in total. The van der Waals surface area contributed by atoms with Gasteiger partial charge in [0.2, 0.25) is 0 Å². The van der Waals surface area contributed by atoms with Gasteiger partial charge in [0.05, 0.1) is 11.9 Å². The Morgan fingerprint density at radius 2 is 1.94 bits per heavy atom. The number of nitrogens with zero attached hydrogens (tertiary/aromatic N) is 5. The van der Waals surface area contributed by atoms with Crippen molar-refractivity contribution in [3.05, 3.63) is 41.6 Å². The van der Waals surface area contributed by atoms with Gasteiger partial charge in [0.1, 0.15) is 5.56 Å². The standard InChI is InChI=1S/C15H18N8O2.C2HF3O2/c1-22-8-11(12(21-22)13(17)24)20-15(25)10-7-18-23-6-4-9(3-2-5-16)19-14(10)23;3-2(4,5)1(6)7/h4,6-8H,2-3,5,16H2,1H3,(H2,17,24)(H,20,25);(H,6,7). The molecule has 0 spiro atoms. The number of carbonyl (C=O) groups excluding carboxylic acids is 2. The van der Waals surface area contributed by atoms with Crippen molar-refractivity contribution in [2.45, 2.75) is 19.0 Å². The van der Waals surface area contributed by atoms with Crippen molar-refractivity contribution >= 4 is 29.1 Å². The second-order valence-corrected chi connectivity index (χ2v) is 6.32. The summed E-state index contributed by atoms with van der Waals surface area (Å²) in [5.74, 6) is -3.93. The molecule has 0 unspecified atom stereocenters. The van der Waals surface area contributed by atoms with Crippen LogP contribution in [0.3, 0.4) is 0 Å². The van der Waals surface area contributed by atoms with Gasteiger partial charge >= 0.3 is 12.1 Å². The first-order valence-electron chi connectivity index (χ1n) is 8.92. The van der Waals surface area contributed by atoms with E-state index >= 15 is 0 Å². The number of hydrogen-bond acceptors (Lipinski definition) is 7. The Bertz CT molecular complexity index is 1140. The molecule has 3 rings (SSSR count). The second kappa shape index (κ2) is 9.86. The number of primary amides is 1. The zero-order chi connectivity index (χ0) is 24.1. The molecule has 15 heteroatoms. The zero-order valence-electron chi connectivity index (χ0n) is 16.6. The van der Waals surface area contributed by atoms with Crippen LogP contribution in [-0.2, 0) is 18.3 Å². The smallest absolute Gasteiger partial charge is 0.475 e. The fourth-order valence-corrected chi connectivity index (χ4v) is 2.44. The van der Waals surface area contributed by atoms with Crippen LogP contribution >= 0.6 is 0 Å². The molecular formula is C17H19F3N8O4. The van der Waals surface area contributed by atoms with Crippen LogP contribution in [-0.4, -0.2) is 60.0 Å². The highest BCUT2D eigenvalue weighted by Gasteiger charge is 2.38. The minimum Gasteiger partial charge on any atom is -0.475 e. The van der Waals surface area contributed by atoms with Crippen LogP contribution in [0.25, 0.3) is 5.65 Å². The molecule has 0 saturated heterocycles. The van der Waals surface area contributed by atoms with Gasteiger partial charge in [-0.2, -0.15) is 23.4 Å². The third-order valence-electron chi connectivity index (χ3n) is 3.86. The predicted octanol–water partition coefficient (Wildman–Crippen LogP) is 0.339. The summed E-state index contributed by atoms with van der Waals surface area (Å²) in [5, 5.41) is 17.8. The molecule has 0 bridgehead atoms. The lowest BCUT2D eigenvalue weighted by molar-refractivity contribution is -0.192. The summed E-state index contributed by atoms with van der Waals surface area (Å²) in [4.78, 5) is 37.4. The van der Waals surface area contributed by atoms with Gasteiger partial charge in [-0.25, -0.2) is 14.3 Å². The first-order chi connectivity index (χ1) is 14.9. The number of aromatic nitrogens is 5. The summed E-state index contributed by atoms with van der Waals surface area (Å²) in [6.45, 7) is 0.566. The van der Waals surface area contributed by atoms with Gasteiger partial charge in [0.15, 0.2) is 11.3 Å². The van der Waals surface area contributed by atoms with Crippen LogP contribution in [0.2, 0.25) is 0 Å². The average molecular weight is 456 g/mol. The molecule has 0 aliphatic carbocycles. The topological polar surface area (TPSA) is 184 Å². The molecule has 0 radical (unpaired) electrons. The Balaban J connectivity index is 0.000000451. The summed E-state index contributed by atoms with van der Waals surface area (Å²) in [5.41, 5.74) is 12.6. The Morgan fingerprint density at radius 3 is 2.50 bits per heavy atom. The summed E-state index contributed by atoms with van der Waals surface area (Å²) in [6.07, 6.45) is 1.10. The lowest BCUT2D eigenvalue weighted by Gasteiger charge is -2.04. The summed E-state index contributed by atoms with van der Waals surface area (Å²) < 4.78 is 34.6. The number of halogens is 3. The first kappa shape index (κ1) is 24.3. The maximum atomic E-state index is 12.6. The Morgan fingerprint density at radius 1 is 1.28 bits per heavy atom. The maximum Gasteiger partial charge on any atom is 0.490 e. The fraction of sp³-hybridized carbons (Fsp3) is 0.294. The summed E-state index contributed by atoms with van der Waals surface area (Å²) in [7, 11) is 1.63. The van der Waals surface area contributed by atoms with Gasteiger partial charge in [-0.05, 0) is 25.5 Å². The van der Waals surface area contributed by atoms with Crippen LogP contribution in [0, 0.1) is 0 Å². The van der Waals surface area contributed by atoms with Crippen LogP contribution in [0.15, 0.2) is 24.7 Å². The molecule has 0 aliphatic rings. The number of hydrogen-bond donors (Lipinski definition) is 4. The molecule has 2 amide bonds. The number of amides is 2. The lowest BCUT2D eigenvalue weighted by atomic mass is 10.2. The molecule has 0 saturated carbocycles. The molecule has 0 aromatic carbocycles. The number of aryl methyl sites for hydroxylation is 2. The molecule has 32 heavy (non-hydrogen) atoms. The van der Waals surface area contributed by atoms with E-state index in [0.29, 0.717) is 18.6 Å². The van der Waals surface area contributed by atoms with Crippen molar-refractivity contribution in [2.75, 3.05) is 11.9 Å². The Hall–Kier alpha value is -4.01. The molecule has 3 heterocycles. The van der Waals surface area contributed by atoms with Crippen molar-refractivity contribution in [1.29, 1.82) is 0 Å². The van der Waals surface area contributed by atoms with E-state index in [0.717, 1.165) is 12.1 Å². The quantitative estimate of drug-likeness (QED) is 0.409. The fourth-order valence-electron chi connectivity index (χ4n) is 2.44. The number of alkyl halides is 3. The Kier molecular flexibility index (Phi) is 7.48. The van der Waals surface area contributed by atoms with Gasteiger partial charge in [-0.1, -0.05) is 0 Å². The van der Waals surface area contributed by atoms with E-state index < -0.39 is 24.0 Å². The van der Waals surface area contributed by atoms with E-state index in [-0.39, 0.29) is 16.9 Å². The third-order valence-corrected chi connectivity index (χ3v) is 3.86. The van der Waals surface area contributed by atoms with Crippen molar-refractivity contribution in [2.24, 2.45) is 18.5 Å². The largest absolute Gasteiger partial charge is 0.490 e. The first-order valence-corrected chi connectivity index (χ1v) is 8.92. The van der Waals surface area contributed by atoms with Gasteiger partial charge in [0, 0.05) is 25.1 Å². The monoisotopic (exact) mass is 456 g/mol. The van der Waals surface area contributed by atoms with E-state index in [1.54, 1.807) is 13.2 Å². The molecule has 172 valence electrons. The molecule has 0 fully saturated rings.